The summed E-state index contributed by atoms with van der Waals surface area (Å²) in [5, 5.41) is 6.28. The summed E-state index contributed by atoms with van der Waals surface area (Å²) in [7, 11) is 0. The van der Waals surface area contributed by atoms with Crippen molar-refractivity contribution in [2.45, 2.75) is 19.0 Å². The van der Waals surface area contributed by atoms with Gasteiger partial charge in [0.15, 0.2) is 0 Å². The Hall–Kier alpha value is -1.64. The topological polar surface area (TPSA) is 12.0 Å². The molecule has 0 amide bonds. The smallest absolute Gasteiger partial charge is 0.0367 e. The molecule has 0 aliphatic carbocycles. The molecule has 0 radical (unpaired) electrons. The van der Waals surface area contributed by atoms with Crippen molar-refractivity contribution < 1.29 is 0 Å². The van der Waals surface area contributed by atoms with Gasteiger partial charge in [-0.05, 0) is 39.9 Å². The first-order valence-corrected chi connectivity index (χ1v) is 8.09. The Labute approximate surface area is 133 Å². The zero-order chi connectivity index (χ0) is 14.2. The Morgan fingerprint density at radius 3 is 2.57 bits per heavy atom. The van der Waals surface area contributed by atoms with E-state index in [0.29, 0.717) is 6.04 Å². The highest BCUT2D eigenvalue weighted by Gasteiger charge is 2.22. The van der Waals surface area contributed by atoms with E-state index in [1.807, 2.05) is 0 Å². The predicted molar refractivity (Wildman–Crippen MR) is 91.4 cm³/mol. The third-order valence-electron chi connectivity index (χ3n) is 4.35. The van der Waals surface area contributed by atoms with Crippen LogP contribution < -0.4 is 5.32 Å². The molecule has 0 fully saturated rings. The largest absolute Gasteiger partial charge is 0.306 e. The molecule has 0 spiro atoms. The van der Waals surface area contributed by atoms with Crippen LogP contribution in [0.2, 0.25) is 0 Å². The van der Waals surface area contributed by atoms with E-state index < -0.39 is 0 Å². The molecule has 21 heavy (non-hydrogen) atoms. The fourth-order valence-electron chi connectivity index (χ4n) is 3.28. The third kappa shape index (κ3) is 2.29. The third-order valence-corrected chi connectivity index (χ3v) is 5.05. The number of benzene rings is 3. The van der Waals surface area contributed by atoms with Gasteiger partial charge in [0.25, 0.3) is 0 Å². The van der Waals surface area contributed by atoms with Crippen molar-refractivity contribution in [3.05, 3.63) is 81.8 Å². The molecule has 1 nitrogen and oxygen atoms in total. The summed E-state index contributed by atoms with van der Waals surface area (Å²) < 4.78 is 1.17. The molecule has 1 aliphatic rings. The molecule has 0 saturated heterocycles. The maximum Gasteiger partial charge on any atom is 0.0367 e. The minimum Gasteiger partial charge on any atom is -0.306 e. The van der Waals surface area contributed by atoms with Crippen molar-refractivity contribution in [1.82, 2.24) is 5.32 Å². The quantitative estimate of drug-likeness (QED) is 0.694. The molecule has 4 rings (SSSR count). The summed E-state index contributed by atoms with van der Waals surface area (Å²) in [4.78, 5) is 0. The van der Waals surface area contributed by atoms with Gasteiger partial charge >= 0.3 is 0 Å². The normalized spacial score (nSPS) is 17.1. The first-order valence-electron chi connectivity index (χ1n) is 7.30. The van der Waals surface area contributed by atoms with E-state index in [1.165, 1.54) is 31.9 Å². The molecule has 104 valence electrons. The van der Waals surface area contributed by atoms with Gasteiger partial charge in [-0.25, -0.2) is 0 Å². The van der Waals surface area contributed by atoms with Gasteiger partial charge < -0.3 is 5.32 Å². The molecule has 0 bridgehead atoms. The highest BCUT2D eigenvalue weighted by Crippen LogP contribution is 2.32. The van der Waals surface area contributed by atoms with Crippen LogP contribution in [-0.4, -0.2) is 0 Å². The average Bonchev–Trinajstić information content (AvgIpc) is 2.94. The predicted octanol–water partition coefficient (Wildman–Crippen LogP) is 4.99. The Kier molecular flexibility index (Phi) is 3.28. The van der Waals surface area contributed by atoms with Gasteiger partial charge in [-0.15, -0.1) is 0 Å². The molecule has 1 N–H and O–H groups in total. The Morgan fingerprint density at radius 2 is 1.67 bits per heavy atom. The standard InChI is InChI=1S/C19H16BrN/c20-18-10-9-13(15-6-3-4-8-17(15)18)11-19-16-7-2-1-5-14(16)12-21-19/h1-10,19,21H,11-12H2. The molecule has 1 heterocycles. The van der Waals surface area contributed by atoms with Gasteiger partial charge in [0.2, 0.25) is 0 Å². The van der Waals surface area contributed by atoms with E-state index in [4.69, 9.17) is 0 Å². The van der Waals surface area contributed by atoms with Gasteiger partial charge in [-0.1, -0.05) is 70.5 Å². The second kappa shape index (κ2) is 5.28. The summed E-state index contributed by atoms with van der Waals surface area (Å²) >= 11 is 3.65. The number of nitrogens with one attached hydrogen (secondary N) is 1. The minimum absolute atomic E-state index is 0.422. The second-order valence-corrected chi connectivity index (χ2v) is 6.44. The summed E-state index contributed by atoms with van der Waals surface area (Å²) in [6.07, 6.45) is 1.03. The zero-order valence-electron chi connectivity index (χ0n) is 11.6. The number of rotatable bonds is 2. The van der Waals surface area contributed by atoms with Gasteiger partial charge in [-0.2, -0.15) is 0 Å². The molecule has 0 saturated carbocycles. The summed E-state index contributed by atoms with van der Waals surface area (Å²) in [6.45, 7) is 0.981. The van der Waals surface area contributed by atoms with Crippen molar-refractivity contribution in [3.8, 4) is 0 Å². The van der Waals surface area contributed by atoms with Gasteiger partial charge in [0.05, 0.1) is 0 Å². The van der Waals surface area contributed by atoms with Gasteiger partial charge in [0, 0.05) is 17.1 Å². The van der Waals surface area contributed by atoms with E-state index in [-0.39, 0.29) is 0 Å². The average molecular weight is 338 g/mol. The van der Waals surface area contributed by atoms with Crippen LogP contribution in [0.15, 0.2) is 65.1 Å². The molecule has 0 aromatic heterocycles. The lowest BCUT2D eigenvalue weighted by molar-refractivity contribution is 0.582. The van der Waals surface area contributed by atoms with Gasteiger partial charge in [0.1, 0.15) is 0 Å². The zero-order valence-corrected chi connectivity index (χ0v) is 13.2. The first-order chi connectivity index (χ1) is 10.3. The Balaban J connectivity index is 1.75. The number of hydrogen-bond donors (Lipinski definition) is 1. The lowest BCUT2D eigenvalue weighted by atomic mass is 9.95. The highest BCUT2D eigenvalue weighted by atomic mass is 79.9. The molecule has 2 heteroatoms. The van der Waals surface area contributed by atoms with Crippen molar-refractivity contribution in [3.63, 3.8) is 0 Å². The molecule has 1 unspecified atom stereocenters. The monoisotopic (exact) mass is 337 g/mol. The maximum atomic E-state index is 3.65. The fraction of sp³-hybridized carbons (Fsp3) is 0.158. The summed E-state index contributed by atoms with van der Waals surface area (Å²) in [5.74, 6) is 0. The lowest BCUT2D eigenvalue weighted by Crippen LogP contribution is -2.14. The molecule has 1 atom stereocenters. The SMILES string of the molecule is Brc1ccc(CC2NCc3ccccc32)c2ccccc12. The van der Waals surface area contributed by atoms with Crippen molar-refractivity contribution in [1.29, 1.82) is 0 Å². The molecular weight excluding hydrogens is 322 g/mol. The minimum atomic E-state index is 0.422. The van der Waals surface area contributed by atoms with E-state index in [2.05, 4.69) is 81.9 Å². The second-order valence-electron chi connectivity index (χ2n) is 5.59. The Bertz CT molecular complexity index is 810. The number of fused-ring (bicyclic) bond motifs is 2. The number of halogens is 1. The van der Waals surface area contributed by atoms with Gasteiger partial charge in [-0.3, -0.25) is 0 Å². The van der Waals surface area contributed by atoms with Crippen LogP contribution >= 0.6 is 15.9 Å². The van der Waals surface area contributed by atoms with E-state index >= 15 is 0 Å². The van der Waals surface area contributed by atoms with Crippen LogP contribution in [0.1, 0.15) is 22.7 Å². The van der Waals surface area contributed by atoms with Crippen LogP contribution in [0.25, 0.3) is 10.8 Å². The summed E-state index contributed by atoms with van der Waals surface area (Å²) in [5.41, 5.74) is 4.29. The highest BCUT2D eigenvalue weighted by molar-refractivity contribution is 9.10. The number of hydrogen-bond acceptors (Lipinski definition) is 1. The van der Waals surface area contributed by atoms with Crippen LogP contribution in [0.3, 0.4) is 0 Å². The molecule has 1 aliphatic heterocycles. The van der Waals surface area contributed by atoms with Crippen LogP contribution in [0.5, 0.6) is 0 Å². The van der Waals surface area contributed by atoms with Crippen LogP contribution in [0, 0.1) is 0 Å². The van der Waals surface area contributed by atoms with Crippen molar-refractivity contribution >= 4 is 26.7 Å². The lowest BCUT2D eigenvalue weighted by Gasteiger charge is -2.15. The van der Waals surface area contributed by atoms with Crippen molar-refractivity contribution in [2.75, 3.05) is 0 Å². The fourth-order valence-corrected chi connectivity index (χ4v) is 3.76. The van der Waals surface area contributed by atoms with E-state index in [9.17, 15) is 0 Å². The van der Waals surface area contributed by atoms with Crippen LogP contribution in [-0.2, 0) is 13.0 Å². The van der Waals surface area contributed by atoms with Crippen molar-refractivity contribution in [2.24, 2.45) is 0 Å². The molecule has 3 aromatic carbocycles. The van der Waals surface area contributed by atoms with E-state index in [1.54, 1.807) is 0 Å². The van der Waals surface area contributed by atoms with Crippen LogP contribution in [0.4, 0.5) is 0 Å². The maximum absolute atomic E-state index is 3.65. The Morgan fingerprint density at radius 1 is 0.905 bits per heavy atom. The van der Waals surface area contributed by atoms with E-state index in [0.717, 1.165) is 13.0 Å². The first kappa shape index (κ1) is 13.1. The molecular formula is C19H16BrN. The summed E-state index contributed by atoms with van der Waals surface area (Å²) in [6, 6.07) is 22.2. The molecule has 3 aromatic rings.